The molecule has 1 atom stereocenters. The van der Waals surface area contributed by atoms with E-state index in [0.717, 1.165) is 0 Å². The van der Waals surface area contributed by atoms with Crippen LogP contribution in [-0.4, -0.2) is 25.0 Å². The van der Waals surface area contributed by atoms with E-state index in [4.69, 9.17) is 9.47 Å². The zero-order valence-electron chi connectivity index (χ0n) is 6.78. The smallest absolute Gasteiger partial charge is 0.302 e. The Morgan fingerprint density at radius 2 is 2.67 bits per heavy atom. The Balaban J connectivity index is 2.23. The lowest BCUT2D eigenvalue weighted by atomic mass is 10.3. The number of esters is 1. The first-order chi connectivity index (χ1) is 5.72. The maximum Gasteiger partial charge on any atom is 0.302 e. The summed E-state index contributed by atoms with van der Waals surface area (Å²) in [6.45, 7) is 1.55. The molecule has 0 N–H and O–H groups in total. The van der Waals surface area contributed by atoms with E-state index < -0.39 is 0 Å². The first-order valence-corrected chi connectivity index (χ1v) is 3.67. The second-order valence-corrected chi connectivity index (χ2v) is 2.50. The van der Waals surface area contributed by atoms with E-state index in [1.807, 2.05) is 0 Å². The zero-order valence-corrected chi connectivity index (χ0v) is 6.78. The predicted octanol–water partition coefficient (Wildman–Crippen LogP) is 0.421. The fourth-order valence-corrected chi connectivity index (χ4v) is 0.925. The van der Waals surface area contributed by atoms with Crippen LogP contribution in [0.25, 0.3) is 0 Å². The van der Waals surface area contributed by atoms with Crippen molar-refractivity contribution in [3.63, 3.8) is 0 Å². The lowest BCUT2D eigenvalue weighted by molar-refractivity contribution is -0.143. The Labute approximate surface area is 70.1 Å². The average Bonchev–Trinajstić information content (AvgIpc) is 2.48. The highest BCUT2D eigenvalue weighted by Gasteiger charge is 2.18. The van der Waals surface area contributed by atoms with Crippen LogP contribution in [0.5, 0.6) is 0 Å². The van der Waals surface area contributed by atoms with Crippen molar-refractivity contribution in [1.29, 1.82) is 0 Å². The fraction of sp³-hybridized carbons (Fsp3) is 0.500. The van der Waals surface area contributed by atoms with Gasteiger partial charge in [-0.3, -0.25) is 9.59 Å². The third-order valence-corrected chi connectivity index (χ3v) is 1.47. The average molecular weight is 170 g/mol. The molecular formula is C8H10O4. The Kier molecular flexibility index (Phi) is 2.85. The van der Waals surface area contributed by atoms with Crippen molar-refractivity contribution in [2.45, 2.75) is 19.4 Å². The number of aldehydes is 1. The van der Waals surface area contributed by atoms with Crippen LogP contribution in [0.15, 0.2) is 11.8 Å². The largest absolute Gasteiger partial charge is 0.483 e. The summed E-state index contributed by atoms with van der Waals surface area (Å²) >= 11 is 0. The molecule has 1 rings (SSSR count). The van der Waals surface area contributed by atoms with Crippen molar-refractivity contribution in [3.8, 4) is 0 Å². The van der Waals surface area contributed by atoms with Gasteiger partial charge in [0, 0.05) is 13.3 Å². The highest BCUT2D eigenvalue weighted by atomic mass is 16.6. The van der Waals surface area contributed by atoms with Crippen LogP contribution in [0, 0.1) is 0 Å². The molecule has 12 heavy (non-hydrogen) atoms. The van der Waals surface area contributed by atoms with Crippen molar-refractivity contribution in [1.82, 2.24) is 0 Å². The maximum atomic E-state index is 10.4. The van der Waals surface area contributed by atoms with Gasteiger partial charge >= 0.3 is 5.97 Å². The standard InChI is InChI=1S/C8H10O4/c1-6(10)11-5-8-3-2-7(4-9)12-8/h2,4,8H,3,5H2,1H3. The molecule has 0 fully saturated rings. The normalized spacial score (nSPS) is 21.1. The number of carbonyl (C=O) groups is 2. The topological polar surface area (TPSA) is 52.6 Å². The van der Waals surface area contributed by atoms with Gasteiger partial charge in [-0.15, -0.1) is 0 Å². The monoisotopic (exact) mass is 170 g/mol. The minimum absolute atomic E-state index is 0.186. The van der Waals surface area contributed by atoms with Crippen molar-refractivity contribution in [2.24, 2.45) is 0 Å². The number of rotatable bonds is 3. The number of ether oxygens (including phenoxy) is 2. The van der Waals surface area contributed by atoms with Crippen LogP contribution in [-0.2, 0) is 19.1 Å². The van der Waals surface area contributed by atoms with Gasteiger partial charge in [0.2, 0.25) is 0 Å². The molecule has 0 saturated heterocycles. The Morgan fingerprint density at radius 1 is 1.92 bits per heavy atom. The third kappa shape index (κ3) is 2.38. The van der Waals surface area contributed by atoms with Gasteiger partial charge in [-0.05, 0) is 6.08 Å². The molecule has 0 aliphatic carbocycles. The Bertz CT molecular complexity index is 219. The summed E-state index contributed by atoms with van der Waals surface area (Å²) in [6.07, 6.45) is 2.77. The van der Waals surface area contributed by atoms with Crippen LogP contribution >= 0.6 is 0 Å². The van der Waals surface area contributed by atoms with Gasteiger partial charge < -0.3 is 9.47 Å². The molecule has 0 bridgehead atoms. The van der Waals surface area contributed by atoms with Gasteiger partial charge in [0.15, 0.2) is 12.0 Å². The van der Waals surface area contributed by atoms with Crippen molar-refractivity contribution < 1.29 is 19.1 Å². The van der Waals surface area contributed by atoms with Crippen LogP contribution < -0.4 is 0 Å². The number of hydrogen-bond donors (Lipinski definition) is 0. The van der Waals surface area contributed by atoms with Gasteiger partial charge in [0.05, 0.1) is 0 Å². The first kappa shape index (κ1) is 8.77. The minimum atomic E-state index is -0.335. The van der Waals surface area contributed by atoms with E-state index in [9.17, 15) is 9.59 Å². The summed E-state index contributed by atoms with van der Waals surface area (Å²) in [6, 6.07) is 0. The molecule has 0 aromatic heterocycles. The summed E-state index contributed by atoms with van der Waals surface area (Å²) < 4.78 is 9.78. The highest BCUT2D eigenvalue weighted by Crippen LogP contribution is 2.15. The SMILES string of the molecule is CC(=O)OCC1CC=C(C=O)O1. The van der Waals surface area contributed by atoms with E-state index in [1.165, 1.54) is 6.92 Å². The Morgan fingerprint density at radius 3 is 3.17 bits per heavy atom. The van der Waals surface area contributed by atoms with Crippen LogP contribution in [0.4, 0.5) is 0 Å². The summed E-state index contributed by atoms with van der Waals surface area (Å²) in [5, 5.41) is 0. The van der Waals surface area contributed by atoms with Crippen molar-refractivity contribution >= 4 is 12.3 Å². The van der Waals surface area contributed by atoms with Gasteiger partial charge in [-0.25, -0.2) is 0 Å². The molecule has 0 radical (unpaired) electrons. The van der Waals surface area contributed by atoms with E-state index in [2.05, 4.69) is 0 Å². The van der Waals surface area contributed by atoms with Crippen LogP contribution in [0.2, 0.25) is 0 Å². The van der Waals surface area contributed by atoms with Crippen LogP contribution in [0.3, 0.4) is 0 Å². The lowest BCUT2D eigenvalue weighted by Crippen LogP contribution is -2.17. The molecule has 0 aromatic rings. The Hall–Kier alpha value is -1.32. The molecule has 0 aromatic carbocycles. The van der Waals surface area contributed by atoms with Gasteiger partial charge in [-0.1, -0.05) is 0 Å². The van der Waals surface area contributed by atoms with Gasteiger partial charge in [-0.2, -0.15) is 0 Å². The van der Waals surface area contributed by atoms with Crippen molar-refractivity contribution in [3.05, 3.63) is 11.8 Å². The molecule has 1 aliphatic heterocycles. The molecular weight excluding hydrogens is 160 g/mol. The first-order valence-electron chi connectivity index (χ1n) is 3.67. The molecule has 1 unspecified atom stereocenters. The second kappa shape index (κ2) is 3.90. The molecule has 1 aliphatic rings. The van der Waals surface area contributed by atoms with E-state index in [-0.39, 0.29) is 18.7 Å². The van der Waals surface area contributed by atoms with E-state index in [1.54, 1.807) is 6.08 Å². The molecule has 0 saturated carbocycles. The quantitative estimate of drug-likeness (QED) is 0.455. The summed E-state index contributed by atoms with van der Waals surface area (Å²) in [5.41, 5.74) is 0. The summed E-state index contributed by atoms with van der Waals surface area (Å²) in [4.78, 5) is 20.6. The minimum Gasteiger partial charge on any atom is -0.483 e. The predicted molar refractivity (Wildman–Crippen MR) is 40.3 cm³/mol. The molecule has 1 heterocycles. The molecule has 4 heteroatoms. The second-order valence-electron chi connectivity index (χ2n) is 2.50. The third-order valence-electron chi connectivity index (χ3n) is 1.47. The van der Waals surface area contributed by atoms with E-state index in [0.29, 0.717) is 18.5 Å². The summed E-state index contributed by atoms with van der Waals surface area (Å²) in [7, 11) is 0. The maximum absolute atomic E-state index is 10.4. The number of carbonyl (C=O) groups excluding carboxylic acids is 2. The number of allylic oxidation sites excluding steroid dienone is 1. The highest BCUT2D eigenvalue weighted by molar-refractivity contribution is 5.70. The molecule has 66 valence electrons. The van der Waals surface area contributed by atoms with Crippen molar-refractivity contribution in [2.75, 3.05) is 6.61 Å². The summed E-state index contributed by atoms with van der Waals surface area (Å²) in [5.74, 6) is -0.00898. The number of hydrogen-bond acceptors (Lipinski definition) is 4. The molecule has 0 spiro atoms. The molecule has 0 amide bonds. The van der Waals surface area contributed by atoms with Gasteiger partial charge in [0.25, 0.3) is 0 Å². The molecule has 4 nitrogen and oxygen atoms in total. The lowest BCUT2D eigenvalue weighted by Gasteiger charge is -2.10. The van der Waals surface area contributed by atoms with Gasteiger partial charge in [0.1, 0.15) is 12.7 Å². The fourth-order valence-electron chi connectivity index (χ4n) is 0.925. The van der Waals surface area contributed by atoms with Crippen LogP contribution in [0.1, 0.15) is 13.3 Å². The zero-order chi connectivity index (χ0) is 8.97. The van der Waals surface area contributed by atoms with E-state index >= 15 is 0 Å².